The molecule has 1 atom stereocenters. The van der Waals surface area contributed by atoms with Gasteiger partial charge < -0.3 is 15.0 Å². The van der Waals surface area contributed by atoms with E-state index in [4.69, 9.17) is 4.74 Å². The van der Waals surface area contributed by atoms with Crippen LogP contribution >= 0.6 is 0 Å². The lowest BCUT2D eigenvalue weighted by Gasteiger charge is -2.38. The molecule has 0 spiro atoms. The van der Waals surface area contributed by atoms with Gasteiger partial charge in [0.25, 0.3) is 5.91 Å². The summed E-state index contributed by atoms with van der Waals surface area (Å²) in [7, 11) is 1.60. The van der Waals surface area contributed by atoms with Crippen LogP contribution in [0.15, 0.2) is 54.6 Å². The van der Waals surface area contributed by atoms with Crippen molar-refractivity contribution in [2.24, 2.45) is 0 Å². The van der Waals surface area contributed by atoms with Gasteiger partial charge in [-0.05, 0) is 29.8 Å². The molecular weight excluding hydrogens is 292 g/mol. The Bertz CT molecular complexity index is 698. The van der Waals surface area contributed by atoms with Crippen LogP contribution in [0.2, 0.25) is 0 Å². The Morgan fingerprint density at radius 3 is 2.48 bits per heavy atom. The number of ether oxygens (including phenoxy) is 1. The number of rotatable bonds is 5. The summed E-state index contributed by atoms with van der Waals surface area (Å²) < 4.78 is 5.08. The minimum atomic E-state index is -0.430. The van der Waals surface area contributed by atoms with Crippen molar-refractivity contribution in [1.29, 1.82) is 0 Å². The highest BCUT2D eigenvalue weighted by atomic mass is 16.5. The van der Waals surface area contributed by atoms with E-state index in [1.54, 1.807) is 12.0 Å². The van der Waals surface area contributed by atoms with Gasteiger partial charge in [0.05, 0.1) is 20.1 Å². The molecule has 1 aliphatic rings. The maximum absolute atomic E-state index is 12.1. The summed E-state index contributed by atoms with van der Waals surface area (Å²) in [4.78, 5) is 25.8. The number of methoxy groups -OCH3 is 1. The minimum absolute atomic E-state index is 0.0701. The maximum Gasteiger partial charge on any atom is 0.251 e. The summed E-state index contributed by atoms with van der Waals surface area (Å²) in [6.45, 7) is 0.511. The number of β-lactam (4-membered cyclic amide) rings is 1. The molecule has 118 valence electrons. The molecule has 0 aromatic heterocycles. The van der Waals surface area contributed by atoms with Gasteiger partial charge in [-0.2, -0.15) is 0 Å². The normalized spacial score (nSPS) is 16.7. The molecule has 2 amide bonds. The fraction of sp³-hybridized carbons (Fsp3) is 0.222. The Morgan fingerprint density at radius 2 is 1.87 bits per heavy atom. The van der Waals surface area contributed by atoms with Gasteiger partial charge in [-0.15, -0.1) is 0 Å². The molecule has 2 aromatic carbocycles. The van der Waals surface area contributed by atoms with Gasteiger partial charge in [0.15, 0.2) is 0 Å². The molecule has 1 fully saturated rings. The van der Waals surface area contributed by atoms with Crippen molar-refractivity contribution in [2.45, 2.75) is 12.5 Å². The molecule has 0 unspecified atom stereocenters. The topological polar surface area (TPSA) is 58.6 Å². The first-order valence-corrected chi connectivity index (χ1v) is 7.46. The fourth-order valence-electron chi connectivity index (χ4n) is 2.55. The van der Waals surface area contributed by atoms with Crippen molar-refractivity contribution < 1.29 is 14.3 Å². The van der Waals surface area contributed by atoms with Crippen molar-refractivity contribution in [1.82, 2.24) is 5.32 Å². The summed E-state index contributed by atoms with van der Waals surface area (Å²) in [5.74, 6) is 0.530. The Hall–Kier alpha value is -2.82. The van der Waals surface area contributed by atoms with E-state index in [2.05, 4.69) is 5.32 Å². The zero-order valence-electron chi connectivity index (χ0n) is 12.9. The molecule has 5 heteroatoms. The van der Waals surface area contributed by atoms with E-state index < -0.39 is 6.04 Å². The Balaban J connectivity index is 1.52. The first kappa shape index (κ1) is 15.1. The van der Waals surface area contributed by atoms with Crippen LogP contribution in [-0.4, -0.2) is 31.5 Å². The quantitative estimate of drug-likeness (QED) is 0.856. The number of nitrogens with zero attached hydrogens (tertiary/aromatic N) is 1. The van der Waals surface area contributed by atoms with Crippen molar-refractivity contribution in [3.05, 3.63) is 60.2 Å². The van der Waals surface area contributed by atoms with Gasteiger partial charge in [-0.25, -0.2) is 0 Å². The lowest BCUT2D eigenvalue weighted by Crippen LogP contribution is -2.64. The standard InChI is InChI=1S/C18H18N2O3/c1-23-15-9-7-13(8-10-15)11-17(21)19-16-12-20(18(16)22)14-5-3-2-4-6-14/h2-10,16H,11-12H2,1H3,(H,19,21)/t16-/m1/s1. The van der Waals surface area contributed by atoms with Crippen molar-refractivity contribution in [2.75, 3.05) is 18.6 Å². The van der Waals surface area contributed by atoms with Gasteiger partial charge in [-0.1, -0.05) is 30.3 Å². The van der Waals surface area contributed by atoms with Crippen LogP contribution in [-0.2, 0) is 16.0 Å². The molecular formula is C18H18N2O3. The second kappa shape index (κ2) is 6.52. The lowest BCUT2D eigenvalue weighted by molar-refractivity contribution is -0.130. The highest BCUT2D eigenvalue weighted by Crippen LogP contribution is 2.21. The molecule has 1 N–H and O–H groups in total. The number of nitrogens with one attached hydrogen (secondary N) is 1. The molecule has 23 heavy (non-hydrogen) atoms. The number of amides is 2. The van der Waals surface area contributed by atoms with Crippen LogP contribution in [0, 0.1) is 0 Å². The molecule has 0 radical (unpaired) electrons. The molecule has 1 saturated heterocycles. The molecule has 1 aliphatic heterocycles. The second-order valence-electron chi connectivity index (χ2n) is 5.43. The summed E-state index contributed by atoms with van der Waals surface area (Å²) in [6.07, 6.45) is 0.249. The van der Waals surface area contributed by atoms with E-state index >= 15 is 0 Å². The molecule has 1 heterocycles. The molecule has 0 saturated carbocycles. The third-order valence-electron chi connectivity index (χ3n) is 3.86. The molecule has 0 aliphatic carbocycles. The zero-order chi connectivity index (χ0) is 16.2. The van der Waals surface area contributed by atoms with Gasteiger partial charge in [0.2, 0.25) is 5.91 Å². The van der Waals surface area contributed by atoms with Crippen LogP contribution in [0.25, 0.3) is 0 Å². The second-order valence-corrected chi connectivity index (χ2v) is 5.43. The molecule has 0 bridgehead atoms. The molecule has 3 rings (SSSR count). The van der Waals surface area contributed by atoms with Crippen molar-refractivity contribution in [3.8, 4) is 5.75 Å². The van der Waals surface area contributed by atoms with E-state index in [-0.39, 0.29) is 18.2 Å². The van der Waals surface area contributed by atoms with Crippen LogP contribution in [0.1, 0.15) is 5.56 Å². The third-order valence-corrected chi connectivity index (χ3v) is 3.86. The van der Waals surface area contributed by atoms with Crippen molar-refractivity contribution in [3.63, 3.8) is 0 Å². The minimum Gasteiger partial charge on any atom is -0.497 e. The number of hydrogen-bond acceptors (Lipinski definition) is 3. The van der Waals surface area contributed by atoms with Gasteiger partial charge in [-0.3, -0.25) is 9.59 Å². The smallest absolute Gasteiger partial charge is 0.251 e. The molecule has 2 aromatic rings. The largest absolute Gasteiger partial charge is 0.497 e. The Labute approximate surface area is 134 Å². The van der Waals surface area contributed by atoms with E-state index in [1.807, 2.05) is 54.6 Å². The van der Waals surface area contributed by atoms with E-state index in [0.29, 0.717) is 6.54 Å². The predicted octanol–water partition coefficient (Wildman–Crippen LogP) is 1.77. The third kappa shape index (κ3) is 3.34. The maximum atomic E-state index is 12.1. The highest BCUT2D eigenvalue weighted by molar-refractivity contribution is 6.05. The number of anilines is 1. The number of para-hydroxylation sites is 1. The summed E-state index contributed by atoms with van der Waals surface area (Å²) in [6, 6.07) is 16.3. The number of hydrogen-bond donors (Lipinski definition) is 1. The van der Waals surface area contributed by atoms with Gasteiger partial charge in [0.1, 0.15) is 11.8 Å². The van der Waals surface area contributed by atoms with E-state index in [1.165, 1.54) is 0 Å². The summed E-state index contributed by atoms with van der Waals surface area (Å²) >= 11 is 0. The number of benzene rings is 2. The Morgan fingerprint density at radius 1 is 1.17 bits per heavy atom. The molecule has 5 nitrogen and oxygen atoms in total. The summed E-state index contributed by atoms with van der Waals surface area (Å²) in [5, 5.41) is 2.78. The van der Waals surface area contributed by atoms with Crippen LogP contribution in [0.4, 0.5) is 5.69 Å². The SMILES string of the molecule is COc1ccc(CC(=O)N[C@@H]2CN(c3ccccc3)C2=O)cc1. The van der Waals surface area contributed by atoms with E-state index in [9.17, 15) is 9.59 Å². The van der Waals surface area contributed by atoms with Crippen LogP contribution < -0.4 is 15.0 Å². The van der Waals surface area contributed by atoms with Gasteiger partial charge >= 0.3 is 0 Å². The van der Waals surface area contributed by atoms with Crippen LogP contribution in [0.5, 0.6) is 5.75 Å². The predicted molar refractivity (Wildman–Crippen MR) is 87.4 cm³/mol. The van der Waals surface area contributed by atoms with E-state index in [0.717, 1.165) is 17.0 Å². The van der Waals surface area contributed by atoms with Crippen LogP contribution in [0.3, 0.4) is 0 Å². The monoisotopic (exact) mass is 310 g/mol. The first-order chi connectivity index (χ1) is 11.2. The zero-order valence-corrected chi connectivity index (χ0v) is 12.9. The number of carbonyl (C=O) groups is 2. The van der Waals surface area contributed by atoms with Gasteiger partial charge in [0, 0.05) is 5.69 Å². The first-order valence-electron chi connectivity index (χ1n) is 7.46. The highest BCUT2D eigenvalue weighted by Gasteiger charge is 2.38. The Kier molecular flexibility index (Phi) is 4.28. The number of carbonyl (C=O) groups excluding carboxylic acids is 2. The fourth-order valence-corrected chi connectivity index (χ4v) is 2.55. The summed E-state index contributed by atoms with van der Waals surface area (Å²) in [5.41, 5.74) is 1.74. The lowest BCUT2D eigenvalue weighted by atomic mass is 10.1. The average Bonchev–Trinajstić information content (AvgIpc) is 2.59. The average molecular weight is 310 g/mol. The van der Waals surface area contributed by atoms with Crippen molar-refractivity contribution >= 4 is 17.5 Å².